The zero-order chi connectivity index (χ0) is 23.9. The zero-order valence-electron chi connectivity index (χ0n) is 18.5. The third kappa shape index (κ3) is 4.19. The molecule has 180 valence electrons. The quantitative estimate of drug-likeness (QED) is 0.566. The van der Waals surface area contributed by atoms with Crippen LogP contribution in [-0.2, 0) is 14.3 Å². The maximum Gasteiger partial charge on any atom is 0.251 e. The summed E-state index contributed by atoms with van der Waals surface area (Å²) in [5.41, 5.74) is 6.14. The van der Waals surface area contributed by atoms with E-state index in [1.54, 1.807) is 35.6 Å². The van der Waals surface area contributed by atoms with E-state index in [-0.39, 0.29) is 19.7 Å². The number of halogens is 1. The Labute approximate surface area is 199 Å². The molecule has 0 bridgehead atoms. The van der Waals surface area contributed by atoms with Gasteiger partial charge >= 0.3 is 0 Å². The lowest BCUT2D eigenvalue weighted by atomic mass is 10.0. The van der Waals surface area contributed by atoms with E-state index in [2.05, 4.69) is 15.6 Å². The van der Waals surface area contributed by atoms with Gasteiger partial charge in [0, 0.05) is 22.5 Å². The third-order valence-electron chi connectivity index (χ3n) is 6.71. The largest absolute Gasteiger partial charge is 0.359 e. The SMILES string of the molecule is N[C@]12OCC(=O)[C@H]1N(C(=O)CNC(=O)c1ccc(-c3csc(NC4CCCC4)n3)cc1)C[C@@H]2F. The highest BCUT2D eigenvalue weighted by atomic mass is 32.1. The van der Waals surface area contributed by atoms with Crippen LogP contribution in [0.3, 0.4) is 0 Å². The molecule has 9 nitrogen and oxygen atoms in total. The van der Waals surface area contributed by atoms with E-state index in [1.807, 2.05) is 5.38 Å². The van der Waals surface area contributed by atoms with Gasteiger partial charge < -0.3 is 20.3 Å². The molecule has 1 aliphatic carbocycles. The molecule has 0 unspecified atom stereocenters. The van der Waals surface area contributed by atoms with Crippen LogP contribution < -0.4 is 16.4 Å². The van der Waals surface area contributed by atoms with Gasteiger partial charge in [-0.3, -0.25) is 20.1 Å². The molecule has 1 saturated carbocycles. The first-order valence-electron chi connectivity index (χ1n) is 11.3. The molecule has 2 saturated heterocycles. The highest BCUT2D eigenvalue weighted by Gasteiger charge is 2.62. The number of aromatic nitrogens is 1. The van der Waals surface area contributed by atoms with Crippen molar-refractivity contribution in [1.82, 2.24) is 15.2 Å². The maximum absolute atomic E-state index is 14.3. The summed E-state index contributed by atoms with van der Waals surface area (Å²) in [5.74, 6) is -1.49. The molecule has 3 fully saturated rings. The number of nitrogens with one attached hydrogen (secondary N) is 2. The Kier molecular flexibility index (Phi) is 6.09. The van der Waals surface area contributed by atoms with Gasteiger partial charge in [-0.2, -0.15) is 0 Å². The number of hydrogen-bond donors (Lipinski definition) is 3. The first-order chi connectivity index (χ1) is 16.3. The Balaban J connectivity index is 1.17. The number of ketones is 1. The molecule has 5 rings (SSSR count). The second-order valence-electron chi connectivity index (χ2n) is 8.95. The number of amides is 2. The summed E-state index contributed by atoms with van der Waals surface area (Å²) in [5, 5.41) is 8.88. The molecule has 3 atom stereocenters. The van der Waals surface area contributed by atoms with Crippen LogP contribution in [0.2, 0.25) is 0 Å². The second-order valence-corrected chi connectivity index (χ2v) is 9.81. The molecule has 1 aromatic heterocycles. The maximum atomic E-state index is 14.3. The summed E-state index contributed by atoms with van der Waals surface area (Å²) >= 11 is 1.56. The molecule has 2 aromatic rings. The van der Waals surface area contributed by atoms with Crippen molar-refractivity contribution >= 4 is 34.1 Å². The number of nitrogens with zero attached hydrogens (tertiary/aromatic N) is 2. The lowest BCUT2D eigenvalue weighted by Crippen LogP contribution is -2.56. The van der Waals surface area contributed by atoms with Gasteiger partial charge in [0.25, 0.3) is 5.91 Å². The van der Waals surface area contributed by atoms with Gasteiger partial charge in [0.1, 0.15) is 12.6 Å². The van der Waals surface area contributed by atoms with Gasteiger partial charge in [0.15, 0.2) is 22.8 Å². The van der Waals surface area contributed by atoms with Gasteiger partial charge in [-0.15, -0.1) is 11.3 Å². The van der Waals surface area contributed by atoms with Crippen molar-refractivity contribution in [2.24, 2.45) is 5.73 Å². The van der Waals surface area contributed by atoms with Crippen LogP contribution >= 0.6 is 11.3 Å². The Bertz CT molecular complexity index is 1100. The van der Waals surface area contributed by atoms with Crippen LogP contribution in [0.15, 0.2) is 29.6 Å². The number of alkyl halides is 1. The molecule has 11 heteroatoms. The minimum Gasteiger partial charge on any atom is -0.359 e. The van der Waals surface area contributed by atoms with E-state index in [0.29, 0.717) is 11.6 Å². The summed E-state index contributed by atoms with van der Waals surface area (Å²) in [6.45, 7) is -1.06. The van der Waals surface area contributed by atoms with Gasteiger partial charge in [-0.25, -0.2) is 9.37 Å². The second kappa shape index (κ2) is 9.05. The van der Waals surface area contributed by atoms with Crippen LogP contribution in [-0.4, -0.2) is 71.2 Å². The molecule has 34 heavy (non-hydrogen) atoms. The summed E-state index contributed by atoms with van der Waals surface area (Å²) < 4.78 is 19.4. The minimum absolute atomic E-state index is 0.332. The molecule has 2 amide bonds. The predicted octanol–water partition coefficient (Wildman–Crippen LogP) is 1.70. The van der Waals surface area contributed by atoms with Gasteiger partial charge in [-0.05, 0) is 25.0 Å². The summed E-state index contributed by atoms with van der Waals surface area (Å²) in [6, 6.07) is 6.24. The number of hydrogen-bond acceptors (Lipinski definition) is 8. The minimum atomic E-state index is -1.81. The molecule has 3 aliphatic rings. The number of carbonyl (C=O) groups excluding carboxylic acids is 3. The smallest absolute Gasteiger partial charge is 0.251 e. The fourth-order valence-corrected chi connectivity index (χ4v) is 5.62. The lowest BCUT2D eigenvalue weighted by molar-refractivity contribution is -0.136. The van der Waals surface area contributed by atoms with Gasteiger partial charge in [0.05, 0.1) is 18.8 Å². The van der Waals surface area contributed by atoms with Crippen LogP contribution in [0.1, 0.15) is 36.0 Å². The van der Waals surface area contributed by atoms with Crippen molar-refractivity contribution in [3.63, 3.8) is 0 Å². The molecule has 2 aliphatic heterocycles. The Morgan fingerprint density at radius 3 is 2.74 bits per heavy atom. The van der Waals surface area contributed by atoms with Crippen LogP contribution in [0.4, 0.5) is 9.52 Å². The van der Waals surface area contributed by atoms with Crippen LogP contribution in [0.25, 0.3) is 11.3 Å². The number of ether oxygens (including phenoxy) is 1. The van der Waals surface area contributed by atoms with E-state index in [0.717, 1.165) is 21.3 Å². The van der Waals surface area contributed by atoms with Crippen molar-refractivity contribution in [3.05, 3.63) is 35.2 Å². The first kappa shape index (κ1) is 22.9. The number of benzene rings is 1. The topological polar surface area (TPSA) is 127 Å². The molecule has 1 aromatic carbocycles. The van der Waals surface area contributed by atoms with Crippen molar-refractivity contribution in [1.29, 1.82) is 0 Å². The monoisotopic (exact) mass is 487 g/mol. The van der Waals surface area contributed by atoms with Crippen LogP contribution in [0.5, 0.6) is 0 Å². The Morgan fingerprint density at radius 2 is 2.00 bits per heavy atom. The Hall–Kier alpha value is -2.89. The van der Waals surface area contributed by atoms with E-state index in [4.69, 9.17) is 10.5 Å². The lowest BCUT2D eigenvalue weighted by Gasteiger charge is -2.26. The molecule has 0 spiro atoms. The standard InChI is InChI=1S/C23H26FN5O4S/c24-18-10-29(20-17(30)11-33-23(18,20)25)19(31)9-26-21(32)14-7-5-13(6-8-14)16-12-34-22(28-16)27-15-3-1-2-4-15/h5-8,12,15,18,20H,1-4,9-11,25H2,(H,26,32)(H,27,28)/t18-,20+,23+/m0/s1. The fraction of sp³-hybridized carbons (Fsp3) is 0.478. The van der Waals surface area contributed by atoms with Crippen molar-refractivity contribution in [2.75, 3.05) is 25.0 Å². The normalized spacial score (nSPS) is 26.6. The average molecular weight is 488 g/mol. The van der Waals surface area contributed by atoms with E-state index < -0.39 is 35.5 Å². The van der Waals surface area contributed by atoms with Crippen LogP contribution in [0, 0.1) is 0 Å². The first-order valence-corrected chi connectivity index (χ1v) is 12.2. The predicted molar refractivity (Wildman–Crippen MR) is 124 cm³/mol. The third-order valence-corrected chi connectivity index (χ3v) is 7.48. The molecule has 3 heterocycles. The summed E-state index contributed by atoms with van der Waals surface area (Å²) in [7, 11) is 0. The van der Waals surface area contributed by atoms with Crippen molar-refractivity contribution in [3.8, 4) is 11.3 Å². The molecule has 4 N–H and O–H groups in total. The zero-order valence-corrected chi connectivity index (χ0v) is 19.3. The van der Waals surface area contributed by atoms with Gasteiger partial charge in [0.2, 0.25) is 5.91 Å². The number of thiazole rings is 1. The van der Waals surface area contributed by atoms with Crippen molar-refractivity contribution < 1.29 is 23.5 Å². The average Bonchev–Trinajstić information content (AvgIpc) is 3.61. The summed E-state index contributed by atoms with van der Waals surface area (Å²) in [4.78, 5) is 42.9. The number of carbonyl (C=O) groups is 3. The molecular weight excluding hydrogens is 461 g/mol. The van der Waals surface area contributed by atoms with Gasteiger partial charge in [-0.1, -0.05) is 25.0 Å². The number of nitrogens with two attached hydrogens (primary N) is 1. The van der Waals surface area contributed by atoms with E-state index in [1.165, 1.54) is 25.7 Å². The number of Topliss-reactive ketones (excluding diaryl/α,β-unsaturated/α-hetero) is 1. The number of fused-ring (bicyclic) bond motifs is 1. The van der Waals surface area contributed by atoms with Crippen molar-refractivity contribution in [2.45, 2.75) is 49.7 Å². The highest BCUT2D eigenvalue weighted by Crippen LogP contribution is 2.35. The Morgan fingerprint density at radius 1 is 1.26 bits per heavy atom. The molecular formula is C23H26FN5O4S. The number of likely N-dealkylation sites (tertiary alicyclic amines) is 1. The van der Waals surface area contributed by atoms with E-state index in [9.17, 15) is 18.8 Å². The number of rotatable bonds is 6. The summed E-state index contributed by atoms with van der Waals surface area (Å²) in [6.07, 6.45) is 3.17. The fourth-order valence-electron chi connectivity index (χ4n) is 4.82. The highest BCUT2D eigenvalue weighted by molar-refractivity contribution is 7.14. The number of anilines is 1. The molecule has 0 radical (unpaired) electrons. The van der Waals surface area contributed by atoms with E-state index >= 15 is 0 Å².